The Labute approximate surface area is 121 Å². The van der Waals surface area contributed by atoms with E-state index in [1.54, 1.807) is 19.9 Å². The van der Waals surface area contributed by atoms with Crippen LogP contribution < -0.4 is 0 Å². The van der Waals surface area contributed by atoms with E-state index in [0.29, 0.717) is 5.56 Å². The van der Waals surface area contributed by atoms with Gasteiger partial charge in [0.2, 0.25) is 0 Å². The molecule has 0 N–H and O–H groups in total. The maximum absolute atomic E-state index is 13.4. The van der Waals surface area contributed by atoms with E-state index in [4.69, 9.17) is 21.1 Å². The van der Waals surface area contributed by atoms with Gasteiger partial charge in [-0.3, -0.25) is 9.59 Å². The first-order chi connectivity index (χ1) is 9.51. The van der Waals surface area contributed by atoms with E-state index in [0.717, 1.165) is 0 Å². The summed E-state index contributed by atoms with van der Waals surface area (Å²) in [4.78, 5) is 23.6. The van der Waals surface area contributed by atoms with Crippen molar-refractivity contribution in [1.82, 2.24) is 0 Å². The van der Waals surface area contributed by atoms with Crippen LogP contribution in [0.2, 0.25) is 5.02 Å². The van der Waals surface area contributed by atoms with Crippen molar-refractivity contribution in [1.29, 1.82) is 0 Å². The molecule has 0 aliphatic carbocycles. The van der Waals surface area contributed by atoms with Gasteiger partial charge in [0, 0.05) is 0 Å². The molecule has 0 saturated heterocycles. The van der Waals surface area contributed by atoms with Gasteiger partial charge in [-0.25, -0.2) is 4.39 Å². The molecule has 0 aromatic heterocycles. The van der Waals surface area contributed by atoms with Gasteiger partial charge in [-0.1, -0.05) is 23.7 Å². The molecule has 0 aliphatic rings. The van der Waals surface area contributed by atoms with E-state index in [9.17, 15) is 14.0 Å². The Balaban J connectivity index is 2.96. The highest BCUT2D eigenvalue weighted by molar-refractivity contribution is 6.31. The fraction of sp³-hybridized carbons (Fsp3) is 0.429. The summed E-state index contributed by atoms with van der Waals surface area (Å²) in [5, 5.41) is -0.105. The lowest BCUT2D eigenvalue weighted by atomic mass is 9.99. The first-order valence-corrected chi connectivity index (χ1v) is 6.65. The molecule has 0 saturated carbocycles. The van der Waals surface area contributed by atoms with Gasteiger partial charge >= 0.3 is 11.9 Å². The lowest BCUT2D eigenvalue weighted by Crippen LogP contribution is -2.30. The van der Waals surface area contributed by atoms with Crippen LogP contribution in [0.1, 0.15) is 19.4 Å². The van der Waals surface area contributed by atoms with Crippen LogP contribution in [0.25, 0.3) is 0 Å². The molecule has 4 nitrogen and oxygen atoms in total. The van der Waals surface area contributed by atoms with E-state index in [-0.39, 0.29) is 24.7 Å². The maximum Gasteiger partial charge on any atom is 0.320 e. The third-order valence-corrected chi connectivity index (χ3v) is 3.02. The van der Waals surface area contributed by atoms with Crippen LogP contribution >= 0.6 is 11.6 Å². The molecule has 0 heterocycles. The third kappa shape index (κ3) is 4.20. The van der Waals surface area contributed by atoms with Gasteiger partial charge in [-0.15, -0.1) is 0 Å². The highest BCUT2D eigenvalue weighted by Gasteiger charge is 2.30. The zero-order chi connectivity index (χ0) is 15.1. The Morgan fingerprint density at radius 3 is 2.25 bits per heavy atom. The van der Waals surface area contributed by atoms with Crippen molar-refractivity contribution in [3.8, 4) is 0 Å². The Kier molecular flexibility index (Phi) is 6.45. The Morgan fingerprint density at radius 2 is 1.75 bits per heavy atom. The summed E-state index contributed by atoms with van der Waals surface area (Å²) < 4.78 is 23.0. The minimum absolute atomic E-state index is 0.0613. The second-order valence-electron chi connectivity index (χ2n) is 3.97. The summed E-state index contributed by atoms with van der Waals surface area (Å²) >= 11 is 5.82. The normalized spacial score (nSPS) is 10.4. The molecule has 6 heteroatoms. The number of halogens is 2. The van der Waals surface area contributed by atoms with Crippen LogP contribution in [0.15, 0.2) is 18.2 Å². The SMILES string of the molecule is CCOC(=O)C(Cc1cccc(F)c1Cl)C(=O)OCC. The number of carbonyl (C=O) groups is 2. The molecule has 20 heavy (non-hydrogen) atoms. The van der Waals surface area contributed by atoms with Crippen molar-refractivity contribution in [2.75, 3.05) is 13.2 Å². The molecule has 0 amide bonds. The Morgan fingerprint density at radius 1 is 1.20 bits per heavy atom. The molecular weight excluding hydrogens is 287 g/mol. The Bertz CT molecular complexity index is 472. The molecule has 1 aromatic carbocycles. The monoisotopic (exact) mass is 302 g/mol. The van der Waals surface area contributed by atoms with E-state index in [2.05, 4.69) is 0 Å². The van der Waals surface area contributed by atoms with Gasteiger partial charge in [-0.05, 0) is 31.9 Å². The van der Waals surface area contributed by atoms with Crippen LogP contribution in [0.3, 0.4) is 0 Å². The predicted molar refractivity (Wildman–Crippen MR) is 71.9 cm³/mol. The molecule has 1 aromatic rings. The van der Waals surface area contributed by atoms with Gasteiger partial charge in [0.25, 0.3) is 0 Å². The summed E-state index contributed by atoms with van der Waals surface area (Å²) in [6.45, 7) is 3.56. The lowest BCUT2D eigenvalue weighted by molar-refractivity contribution is -0.161. The van der Waals surface area contributed by atoms with Crippen LogP contribution in [0.4, 0.5) is 4.39 Å². The first-order valence-electron chi connectivity index (χ1n) is 6.27. The minimum atomic E-state index is -1.14. The van der Waals surface area contributed by atoms with Gasteiger partial charge < -0.3 is 9.47 Å². The number of esters is 2. The number of carbonyl (C=O) groups excluding carboxylic acids is 2. The lowest BCUT2D eigenvalue weighted by Gasteiger charge is -2.15. The van der Waals surface area contributed by atoms with Gasteiger partial charge in [0.1, 0.15) is 5.82 Å². The molecule has 0 unspecified atom stereocenters. The molecule has 110 valence electrons. The zero-order valence-corrected chi connectivity index (χ0v) is 12.1. The van der Waals surface area contributed by atoms with Crippen molar-refractivity contribution >= 4 is 23.5 Å². The second-order valence-corrected chi connectivity index (χ2v) is 4.35. The fourth-order valence-corrected chi connectivity index (χ4v) is 1.88. The summed E-state index contributed by atoms with van der Waals surface area (Å²) in [7, 11) is 0. The van der Waals surface area contributed by atoms with Crippen molar-refractivity contribution < 1.29 is 23.5 Å². The van der Waals surface area contributed by atoms with E-state index in [1.165, 1.54) is 12.1 Å². The number of rotatable bonds is 6. The van der Waals surface area contributed by atoms with Gasteiger partial charge in [-0.2, -0.15) is 0 Å². The van der Waals surface area contributed by atoms with E-state index in [1.807, 2.05) is 0 Å². The highest BCUT2D eigenvalue weighted by Crippen LogP contribution is 2.23. The summed E-state index contributed by atoms with van der Waals surface area (Å²) in [6, 6.07) is 4.22. The molecule has 0 aliphatic heterocycles. The Hall–Kier alpha value is -1.62. The fourth-order valence-electron chi connectivity index (χ4n) is 1.67. The minimum Gasteiger partial charge on any atom is -0.465 e. The zero-order valence-electron chi connectivity index (χ0n) is 11.3. The van der Waals surface area contributed by atoms with E-state index < -0.39 is 23.7 Å². The summed E-state index contributed by atoms with van der Waals surface area (Å²) in [5.41, 5.74) is 0.359. The molecule has 0 radical (unpaired) electrons. The quantitative estimate of drug-likeness (QED) is 0.599. The number of hydrogen-bond acceptors (Lipinski definition) is 4. The highest BCUT2D eigenvalue weighted by atomic mass is 35.5. The maximum atomic E-state index is 13.4. The van der Waals surface area contributed by atoms with Gasteiger partial charge in [0.15, 0.2) is 5.92 Å². The van der Waals surface area contributed by atoms with Crippen LogP contribution in [0.5, 0.6) is 0 Å². The largest absolute Gasteiger partial charge is 0.465 e. The summed E-state index contributed by atoms with van der Waals surface area (Å²) in [5.74, 6) is -3.15. The second kappa shape index (κ2) is 7.85. The number of ether oxygens (including phenoxy) is 2. The average molecular weight is 303 g/mol. The van der Waals surface area contributed by atoms with Crippen LogP contribution in [-0.4, -0.2) is 25.2 Å². The van der Waals surface area contributed by atoms with Crippen LogP contribution in [0, 0.1) is 11.7 Å². The topological polar surface area (TPSA) is 52.6 Å². The molecular formula is C14H16ClFO4. The molecule has 1 rings (SSSR count). The average Bonchev–Trinajstić information content (AvgIpc) is 2.40. The van der Waals surface area contributed by atoms with Crippen molar-refractivity contribution in [2.24, 2.45) is 5.92 Å². The molecule has 0 atom stereocenters. The summed E-state index contributed by atoms with van der Waals surface area (Å²) in [6.07, 6.45) is -0.0613. The standard InChI is InChI=1S/C14H16ClFO4/c1-3-19-13(17)10(14(18)20-4-2)8-9-6-5-7-11(16)12(9)15/h5-7,10H,3-4,8H2,1-2H3. The molecule has 0 fully saturated rings. The van der Waals surface area contributed by atoms with Crippen LogP contribution in [-0.2, 0) is 25.5 Å². The smallest absolute Gasteiger partial charge is 0.320 e. The number of hydrogen-bond donors (Lipinski definition) is 0. The predicted octanol–water partition coefficient (Wildman–Crippen LogP) is 2.76. The molecule has 0 bridgehead atoms. The van der Waals surface area contributed by atoms with Crippen molar-refractivity contribution in [3.05, 3.63) is 34.6 Å². The number of benzene rings is 1. The van der Waals surface area contributed by atoms with Gasteiger partial charge in [0.05, 0.1) is 18.2 Å². The molecule has 0 spiro atoms. The van der Waals surface area contributed by atoms with E-state index >= 15 is 0 Å². The first kappa shape index (κ1) is 16.4. The van der Waals surface area contributed by atoms with Crippen molar-refractivity contribution in [3.63, 3.8) is 0 Å². The van der Waals surface area contributed by atoms with Crippen molar-refractivity contribution in [2.45, 2.75) is 20.3 Å². The third-order valence-electron chi connectivity index (χ3n) is 2.60.